The van der Waals surface area contributed by atoms with Crippen molar-refractivity contribution in [3.8, 4) is 0 Å². The van der Waals surface area contributed by atoms with Crippen LogP contribution in [-0.2, 0) is 0 Å². The lowest BCUT2D eigenvalue weighted by atomic mass is 9.89. The van der Waals surface area contributed by atoms with Crippen molar-refractivity contribution in [1.29, 1.82) is 0 Å². The maximum atomic E-state index is 3.95. The first-order valence-corrected chi connectivity index (χ1v) is 8.84. The summed E-state index contributed by atoms with van der Waals surface area (Å²) in [6, 6.07) is 1.11. The third-order valence-corrected chi connectivity index (χ3v) is 5.18. The summed E-state index contributed by atoms with van der Waals surface area (Å²) in [7, 11) is 0. The van der Waals surface area contributed by atoms with E-state index >= 15 is 0 Å². The van der Waals surface area contributed by atoms with Gasteiger partial charge in [0, 0.05) is 42.8 Å². The number of hydrogen-bond donors (Lipinski definition) is 0. The lowest BCUT2D eigenvalue weighted by Crippen LogP contribution is -2.34. The molecule has 0 aromatic rings. The first kappa shape index (κ1) is 16.9. The third kappa shape index (κ3) is 3.48. The Morgan fingerprint density at radius 2 is 1.82 bits per heavy atom. The lowest BCUT2D eigenvalue weighted by molar-refractivity contribution is 0.233. The van der Waals surface area contributed by atoms with Crippen molar-refractivity contribution in [2.24, 2.45) is 17.8 Å². The minimum atomic E-state index is 0.470. The standard InChI is InChI=1S/C20H32N2/c1-6-9-16(4)20-17(5)10-12-22(20)15-14-21-13-11-18(7-2)19(21)8-3/h7,10-20H,2,6,8-9H2,1,3-5H3/b15-14-. The molecule has 122 valence electrons. The summed E-state index contributed by atoms with van der Waals surface area (Å²) in [4.78, 5) is 4.75. The van der Waals surface area contributed by atoms with Crippen LogP contribution in [0.2, 0.25) is 0 Å². The Bertz CT molecular complexity index is 449. The van der Waals surface area contributed by atoms with Gasteiger partial charge in [0.05, 0.1) is 0 Å². The Morgan fingerprint density at radius 1 is 1.14 bits per heavy atom. The van der Waals surface area contributed by atoms with E-state index < -0.39 is 0 Å². The minimum Gasteiger partial charge on any atom is -0.349 e. The topological polar surface area (TPSA) is 6.48 Å². The van der Waals surface area contributed by atoms with Gasteiger partial charge in [-0.05, 0) is 24.7 Å². The fourth-order valence-electron chi connectivity index (χ4n) is 3.98. The van der Waals surface area contributed by atoms with Crippen LogP contribution in [0.4, 0.5) is 0 Å². The Labute approximate surface area is 136 Å². The van der Waals surface area contributed by atoms with Crippen molar-refractivity contribution >= 4 is 0 Å². The SMILES string of the molecule is C=CC1C=CN(/C=C\N2C=CC(C)C2C(C)CCC)C1CC. The fraction of sp³-hybridized carbons (Fsp3) is 0.600. The number of hydrogen-bond acceptors (Lipinski definition) is 2. The summed E-state index contributed by atoms with van der Waals surface area (Å²) in [5.41, 5.74) is 0. The zero-order chi connectivity index (χ0) is 16.1. The van der Waals surface area contributed by atoms with Crippen LogP contribution in [0.5, 0.6) is 0 Å². The molecule has 22 heavy (non-hydrogen) atoms. The molecule has 0 aromatic carbocycles. The fourth-order valence-corrected chi connectivity index (χ4v) is 3.98. The lowest BCUT2D eigenvalue weighted by Gasteiger charge is -2.32. The molecule has 0 saturated carbocycles. The third-order valence-electron chi connectivity index (χ3n) is 5.18. The highest BCUT2D eigenvalue weighted by Gasteiger charge is 2.30. The monoisotopic (exact) mass is 300 g/mol. The zero-order valence-corrected chi connectivity index (χ0v) is 14.7. The Hall–Kier alpha value is -1.44. The second kappa shape index (κ2) is 7.71. The molecule has 0 radical (unpaired) electrons. The summed E-state index contributed by atoms with van der Waals surface area (Å²) < 4.78 is 0. The van der Waals surface area contributed by atoms with Crippen LogP contribution < -0.4 is 0 Å². The maximum absolute atomic E-state index is 3.95. The van der Waals surface area contributed by atoms with Crippen LogP contribution in [0.3, 0.4) is 0 Å². The van der Waals surface area contributed by atoms with E-state index in [2.05, 4.69) is 87.1 Å². The van der Waals surface area contributed by atoms with Crippen molar-refractivity contribution in [3.05, 3.63) is 49.6 Å². The molecule has 0 fully saturated rings. The molecule has 2 heteroatoms. The molecule has 0 saturated heterocycles. The Morgan fingerprint density at radius 3 is 2.45 bits per heavy atom. The minimum absolute atomic E-state index is 0.470. The zero-order valence-electron chi connectivity index (χ0n) is 14.7. The van der Waals surface area contributed by atoms with Gasteiger partial charge in [-0.1, -0.05) is 52.3 Å². The van der Waals surface area contributed by atoms with Crippen LogP contribution >= 0.6 is 0 Å². The first-order valence-electron chi connectivity index (χ1n) is 8.84. The summed E-state index contributed by atoms with van der Waals surface area (Å²) >= 11 is 0. The normalized spacial score (nSPS) is 32.4. The van der Waals surface area contributed by atoms with Crippen LogP contribution in [-0.4, -0.2) is 21.9 Å². The predicted molar refractivity (Wildman–Crippen MR) is 95.9 cm³/mol. The van der Waals surface area contributed by atoms with Gasteiger partial charge in [-0.25, -0.2) is 0 Å². The van der Waals surface area contributed by atoms with Crippen molar-refractivity contribution in [2.45, 2.75) is 59.0 Å². The van der Waals surface area contributed by atoms with Gasteiger partial charge in [0.25, 0.3) is 0 Å². The second-order valence-corrected chi connectivity index (χ2v) is 6.78. The molecule has 0 spiro atoms. The predicted octanol–water partition coefficient (Wildman–Crippen LogP) is 5.14. The van der Waals surface area contributed by atoms with Gasteiger partial charge in [0.2, 0.25) is 0 Å². The summed E-state index contributed by atoms with van der Waals surface area (Å²) in [6.07, 6.45) is 19.3. The van der Waals surface area contributed by atoms with Gasteiger partial charge in [0.15, 0.2) is 0 Å². The van der Waals surface area contributed by atoms with E-state index in [0.29, 0.717) is 23.9 Å². The average Bonchev–Trinajstić information content (AvgIpc) is 3.07. The first-order chi connectivity index (χ1) is 10.6. The van der Waals surface area contributed by atoms with Gasteiger partial charge >= 0.3 is 0 Å². The van der Waals surface area contributed by atoms with E-state index in [-0.39, 0.29) is 0 Å². The van der Waals surface area contributed by atoms with Crippen LogP contribution in [0.15, 0.2) is 49.6 Å². The summed E-state index contributed by atoms with van der Waals surface area (Å²) in [5, 5.41) is 0. The summed E-state index contributed by atoms with van der Waals surface area (Å²) in [5.74, 6) is 1.82. The molecule has 2 heterocycles. The number of nitrogens with zero attached hydrogens (tertiary/aromatic N) is 2. The van der Waals surface area contributed by atoms with Crippen molar-refractivity contribution in [3.63, 3.8) is 0 Å². The molecule has 0 bridgehead atoms. The smallest absolute Gasteiger partial charge is 0.0426 e. The van der Waals surface area contributed by atoms with E-state index in [1.54, 1.807) is 0 Å². The van der Waals surface area contributed by atoms with E-state index in [1.807, 2.05) is 0 Å². The summed E-state index contributed by atoms with van der Waals surface area (Å²) in [6.45, 7) is 13.2. The highest BCUT2D eigenvalue weighted by molar-refractivity contribution is 5.15. The average molecular weight is 300 g/mol. The van der Waals surface area contributed by atoms with E-state index in [9.17, 15) is 0 Å². The quantitative estimate of drug-likeness (QED) is 0.601. The molecule has 2 nitrogen and oxygen atoms in total. The van der Waals surface area contributed by atoms with Crippen molar-refractivity contribution < 1.29 is 0 Å². The Balaban J connectivity index is 2.04. The van der Waals surface area contributed by atoms with Gasteiger partial charge in [-0.3, -0.25) is 0 Å². The largest absolute Gasteiger partial charge is 0.349 e. The molecule has 2 aliphatic rings. The molecule has 0 aromatic heterocycles. The molecule has 2 rings (SSSR count). The molecule has 2 aliphatic heterocycles. The van der Waals surface area contributed by atoms with E-state index in [1.165, 1.54) is 12.8 Å². The van der Waals surface area contributed by atoms with E-state index in [0.717, 1.165) is 12.3 Å². The van der Waals surface area contributed by atoms with Gasteiger partial charge in [-0.2, -0.15) is 0 Å². The van der Waals surface area contributed by atoms with Crippen LogP contribution in [0.25, 0.3) is 0 Å². The molecular formula is C20H32N2. The van der Waals surface area contributed by atoms with Crippen LogP contribution in [0, 0.1) is 17.8 Å². The maximum Gasteiger partial charge on any atom is 0.0426 e. The van der Waals surface area contributed by atoms with E-state index in [4.69, 9.17) is 0 Å². The molecule has 0 amide bonds. The molecule has 5 unspecified atom stereocenters. The van der Waals surface area contributed by atoms with Crippen molar-refractivity contribution in [2.75, 3.05) is 0 Å². The molecule has 5 atom stereocenters. The highest BCUT2D eigenvalue weighted by atomic mass is 15.2. The highest BCUT2D eigenvalue weighted by Crippen LogP contribution is 2.31. The van der Waals surface area contributed by atoms with Gasteiger partial charge in [-0.15, -0.1) is 6.58 Å². The number of rotatable bonds is 7. The molecular weight excluding hydrogens is 268 g/mol. The van der Waals surface area contributed by atoms with Crippen molar-refractivity contribution in [1.82, 2.24) is 9.80 Å². The Kier molecular flexibility index (Phi) is 5.93. The molecule has 0 aliphatic carbocycles. The van der Waals surface area contributed by atoms with Gasteiger partial charge < -0.3 is 9.80 Å². The molecule has 0 N–H and O–H groups in total. The second-order valence-electron chi connectivity index (χ2n) is 6.78. The van der Waals surface area contributed by atoms with Gasteiger partial charge in [0.1, 0.15) is 0 Å². The van der Waals surface area contributed by atoms with Crippen LogP contribution in [0.1, 0.15) is 47.0 Å².